The standard InChI is InChI=1S/3C10H13NO.2C2H6/c3*1-3-10(12)8-6-4-5-7-9(8)11-2;2*1-2/h3*4-7,11H,3H2,1-2H3;2*1-2H3. The minimum Gasteiger partial charge on any atom is -0.388 e. The molecule has 0 heterocycles. The lowest BCUT2D eigenvalue weighted by Crippen LogP contribution is -2.01. The van der Waals surface area contributed by atoms with Gasteiger partial charge in [-0.05, 0) is 36.4 Å². The Morgan fingerprint density at radius 2 is 0.650 bits per heavy atom. The maximum atomic E-state index is 11.4. The number of carbonyl (C=O) groups excluding carboxylic acids is 3. The van der Waals surface area contributed by atoms with Gasteiger partial charge in [-0.2, -0.15) is 0 Å². The summed E-state index contributed by atoms with van der Waals surface area (Å²) in [7, 11) is 5.46. The van der Waals surface area contributed by atoms with Crippen molar-refractivity contribution in [2.45, 2.75) is 67.7 Å². The predicted octanol–water partition coefficient (Wildman–Crippen LogP) is 9.02. The van der Waals surface area contributed by atoms with Crippen LogP contribution >= 0.6 is 0 Å². The molecule has 3 N–H and O–H groups in total. The molecule has 3 aromatic carbocycles. The lowest BCUT2D eigenvalue weighted by molar-refractivity contribution is 0.0981. The SMILES string of the molecule is CC.CC.CCC(=O)c1ccccc1NC.CCC(=O)c1ccccc1NC.CCC(=O)c1ccccc1NC. The number of carbonyl (C=O) groups is 3. The highest BCUT2D eigenvalue weighted by Crippen LogP contribution is 2.17. The molecule has 0 unspecified atom stereocenters. The van der Waals surface area contributed by atoms with Crippen molar-refractivity contribution in [3.63, 3.8) is 0 Å². The number of ketones is 3. The molecule has 0 aliphatic rings. The monoisotopic (exact) mass is 549 g/mol. The number of rotatable bonds is 9. The van der Waals surface area contributed by atoms with Crippen molar-refractivity contribution in [3.8, 4) is 0 Å². The second-order valence-electron chi connectivity index (χ2n) is 7.72. The van der Waals surface area contributed by atoms with Crippen LogP contribution in [0.25, 0.3) is 0 Å². The Kier molecular flexibility index (Phi) is 23.1. The molecular formula is C34H51N3O3. The van der Waals surface area contributed by atoms with Gasteiger partial charge in [0.15, 0.2) is 17.3 Å². The molecular weight excluding hydrogens is 498 g/mol. The molecule has 3 rings (SSSR count). The summed E-state index contributed by atoms with van der Waals surface area (Å²) in [5.41, 5.74) is 5.06. The highest BCUT2D eigenvalue weighted by molar-refractivity contribution is 6.02. The van der Waals surface area contributed by atoms with Crippen molar-refractivity contribution in [1.29, 1.82) is 0 Å². The van der Waals surface area contributed by atoms with Gasteiger partial charge in [0.05, 0.1) is 0 Å². The van der Waals surface area contributed by atoms with E-state index in [-0.39, 0.29) is 17.3 Å². The predicted molar refractivity (Wildman–Crippen MR) is 175 cm³/mol. The summed E-state index contributed by atoms with van der Waals surface area (Å²) in [6, 6.07) is 22.6. The summed E-state index contributed by atoms with van der Waals surface area (Å²) < 4.78 is 0. The molecule has 6 heteroatoms. The van der Waals surface area contributed by atoms with E-state index in [1.54, 1.807) is 0 Å². The fraction of sp³-hybridized carbons (Fsp3) is 0.382. The number of para-hydroxylation sites is 3. The Bertz CT molecular complexity index is 985. The first-order valence-corrected chi connectivity index (χ1v) is 14.3. The van der Waals surface area contributed by atoms with Crippen molar-refractivity contribution in [3.05, 3.63) is 89.5 Å². The van der Waals surface area contributed by atoms with Gasteiger partial charge >= 0.3 is 0 Å². The molecule has 6 nitrogen and oxygen atoms in total. The quantitative estimate of drug-likeness (QED) is 0.231. The Hall–Kier alpha value is -3.93. The van der Waals surface area contributed by atoms with E-state index in [0.717, 1.165) is 33.8 Å². The van der Waals surface area contributed by atoms with Gasteiger partial charge in [0, 0.05) is 74.2 Å². The van der Waals surface area contributed by atoms with Crippen molar-refractivity contribution in [1.82, 2.24) is 0 Å². The van der Waals surface area contributed by atoms with Gasteiger partial charge < -0.3 is 16.0 Å². The first kappa shape index (κ1) is 38.2. The normalized spacial score (nSPS) is 8.85. The second kappa shape index (κ2) is 24.1. The van der Waals surface area contributed by atoms with Crippen LogP contribution in [0.4, 0.5) is 17.1 Å². The fourth-order valence-corrected chi connectivity index (χ4v) is 3.40. The van der Waals surface area contributed by atoms with Crippen LogP contribution in [0.3, 0.4) is 0 Å². The molecule has 40 heavy (non-hydrogen) atoms. The molecule has 220 valence electrons. The van der Waals surface area contributed by atoms with Crippen LogP contribution in [0, 0.1) is 0 Å². The van der Waals surface area contributed by atoms with Gasteiger partial charge in [-0.3, -0.25) is 14.4 Å². The molecule has 3 aromatic rings. The third-order valence-electron chi connectivity index (χ3n) is 5.45. The minimum absolute atomic E-state index is 0.181. The molecule has 0 amide bonds. The van der Waals surface area contributed by atoms with E-state index < -0.39 is 0 Å². The number of anilines is 3. The summed E-state index contributed by atoms with van der Waals surface area (Å²) in [5, 5.41) is 8.97. The number of hydrogen-bond donors (Lipinski definition) is 3. The van der Waals surface area contributed by atoms with Gasteiger partial charge in [0.2, 0.25) is 0 Å². The van der Waals surface area contributed by atoms with Crippen LogP contribution in [-0.2, 0) is 0 Å². The second-order valence-corrected chi connectivity index (χ2v) is 7.72. The van der Waals surface area contributed by atoms with E-state index in [2.05, 4.69) is 16.0 Å². The van der Waals surface area contributed by atoms with Gasteiger partial charge in [-0.1, -0.05) is 84.9 Å². The number of benzene rings is 3. The molecule has 0 radical (unpaired) electrons. The van der Waals surface area contributed by atoms with Crippen molar-refractivity contribution in [2.24, 2.45) is 0 Å². The average Bonchev–Trinajstić information content (AvgIpc) is 3.05. The number of hydrogen-bond acceptors (Lipinski definition) is 6. The van der Waals surface area contributed by atoms with Crippen molar-refractivity contribution >= 4 is 34.4 Å². The third kappa shape index (κ3) is 13.2. The van der Waals surface area contributed by atoms with E-state index >= 15 is 0 Å². The maximum absolute atomic E-state index is 11.4. The zero-order valence-corrected chi connectivity index (χ0v) is 26.3. The molecule has 0 aliphatic carbocycles. The Labute approximate surface area is 243 Å². The first-order chi connectivity index (χ1) is 19.4. The Balaban J connectivity index is 0. The number of nitrogens with one attached hydrogen (secondary N) is 3. The molecule has 0 fully saturated rings. The minimum atomic E-state index is 0.181. The summed E-state index contributed by atoms with van der Waals surface area (Å²) in [6.45, 7) is 13.6. The highest BCUT2D eigenvalue weighted by Gasteiger charge is 2.08. The van der Waals surface area contributed by atoms with Gasteiger partial charge in [-0.15, -0.1) is 0 Å². The van der Waals surface area contributed by atoms with Crippen LogP contribution < -0.4 is 16.0 Å². The first-order valence-electron chi connectivity index (χ1n) is 14.3. The van der Waals surface area contributed by atoms with E-state index in [1.807, 2.05) is 142 Å². The van der Waals surface area contributed by atoms with E-state index in [1.165, 1.54) is 0 Å². The molecule has 0 atom stereocenters. The molecule has 0 bridgehead atoms. The zero-order chi connectivity index (χ0) is 30.9. The van der Waals surface area contributed by atoms with Crippen LogP contribution in [-0.4, -0.2) is 38.5 Å². The van der Waals surface area contributed by atoms with Gasteiger partial charge in [0.25, 0.3) is 0 Å². The molecule has 0 spiro atoms. The third-order valence-corrected chi connectivity index (χ3v) is 5.45. The van der Waals surface area contributed by atoms with Crippen molar-refractivity contribution in [2.75, 3.05) is 37.1 Å². The molecule has 0 saturated carbocycles. The van der Waals surface area contributed by atoms with E-state index in [9.17, 15) is 14.4 Å². The van der Waals surface area contributed by atoms with E-state index in [4.69, 9.17) is 0 Å². The fourth-order valence-electron chi connectivity index (χ4n) is 3.40. The summed E-state index contributed by atoms with van der Waals surface area (Å²) in [4.78, 5) is 34.1. The lowest BCUT2D eigenvalue weighted by Gasteiger charge is -2.05. The summed E-state index contributed by atoms with van der Waals surface area (Å²) in [6.07, 6.45) is 1.66. The Morgan fingerprint density at radius 1 is 0.450 bits per heavy atom. The molecule has 0 aromatic heterocycles. The smallest absolute Gasteiger partial charge is 0.164 e. The highest BCUT2D eigenvalue weighted by atomic mass is 16.1. The van der Waals surface area contributed by atoms with Crippen LogP contribution in [0.2, 0.25) is 0 Å². The summed E-state index contributed by atoms with van der Waals surface area (Å²) >= 11 is 0. The van der Waals surface area contributed by atoms with Crippen LogP contribution in [0.15, 0.2) is 72.8 Å². The lowest BCUT2D eigenvalue weighted by atomic mass is 10.1. The van der Waals surface area contributed by atoms with Crippen LogP contribution in [0.1, 0.15) is 98.8 Å². The van der Waals surface area contributed by atoms with E-state index in [0.29, 0.717) is 19.3 Å². The largest absolute Gasteiger partial charge is 0.388 e. The van der Waals surface area contributed by atoms with Gasteiger partial charge in [-0.25, -0.2) is 0 Å². The maximum Gasteiger partial charge on any atom is 0.164 e. The topological polar surface area (TPSA) is 87.3 Å². The molecule has 0 aliphatic heterocycles. The zero-order valence-electron chi connectivity index (χ0n) is 26.3. The van der Waals surface area contributed by atoms with Crippen LogP contribution in [0.5, 0.6) is 0 Å². The van der Waals surface area contributed by atoms with Crippen molar-refractivity contribution < 1.29 is 14.4 Å². The number of Topliss-reactive ketones (excluding diaryl/α,β-unsaturated/α-hetero) is 3. The summed E-state index contributed by atoms with van der Waals surface area (Å²) in [5.74, 6) is 0.542. The Morgan fingerprint density at radius 3 is 0.825 bits per heavy atom. The van der Waals surface area contributed by atoms with Gasteiger partial charge in [0.1, 0.15) is 0 Å². The molecule has 0 saturated heterocycles. The average molecular weight is 550 g/mol.